The molecule has 12 aromatic rings. The lowest BCUT2D eigenvalue weighted by molar-refractivity contribution is 1.16. The second-order valence-corrected chi connectivity index (χ2v) is 19.1. The number of fused-ring (bicyclic) bond motifs is 6. The number of hydrogen-bond donors (Lipinski definition) is 0. The number of aromatic nitrogens is 2. The Labute approximate surface area is 368 Å². The Morgan fingerprint density at radius 3 is 1.33 bits per heavy atom. The number of benzene rings is 10. The Morgan fingerprint density at radius 1 is 0.270 bits per heavy atom. The summed E-state index contributed by atoms with van der Waals surface area (Å²) >= 11 is 0. The van der Waals surface area contributed by atoms with Crippen molar-refractivity contribution in [2.24, 2.45) is 0 Å². The van der Waals surface area contributed by atoms with Crippen LogP contribution < -0.4 is 0 Å². The molecule has 0 unspecified atom stereocenters. The zero-order valence-corrected chi connectivity index (χ0v) is 35.4. The lowest BCUT2D eigenvalue weighted by Gasteiger charge is -2.42. The molecule has 2 nitrogen and oxygen atoms in total. The van der Waals surface area contributed by atoms with Crippen LogP contribution in [0, 0.1) is 0 Å². The highest BCUT2D eigenvalue weighted by Gasteiger charge is 2.36. The van der Waals surface area contributed by atoms with Gasteiger partial charge < -0.3 is 9.13 Å². The third kappa shape index (κ3) is 5.89. The summed E-state index contributed by atoms with van der Waals surface area (Å²) in [6.45, 7) is 0. The van der Waals surface area contributed by atoms with Gasteiger partial charge in [-0.1, -0.05) is 164 Å². The maximum Gasteiger partial charge on any atom is 0.0552 e. The van der Waals surface area contributed by atoms with Crippen molar-refractivity contribution in [3.8, 4) is 33.6 Å². The first kappa shape index (κ1) is 37.0. The molecule has 63 heavy (non-hydrogen) atoms. The van der Waals surface area contributed by atoms with Crippen molar-refractivity contribution >= 4 is 53.6 Å². The maximum atomic E-state index is 2.48. The molecule has 2 aromatic heterocycles. The van der Waals surface area contributed by atoms with E-state index in [1.165, 1.54) is 85.4 Å². The molecule has 2 heterocycles. The maximum absolute atomic E-state index is 2.48. The number of rotatable bonds is 8. The molecule has 0 aliphatic heterocycles. The molecule has 3 heteroatoms. The van der Waals surface area contributed by atoms with Crippen LogP contribution in [-0.4, -0.2) is 9.13 Å². The van der Waals surface area contributed by atoms with Crippen molar-refractivity contribution in [2.45, 2.75) is 19.6 Å². The van der Waals surface area contributed by atoms with Crippen LogP contribution in [0.25, 0.3) is 77.2 Å². The summed E-state index contributed by atoms with van der Waals surface area (Å²) in [5, 5.41) is 4.99. The molecule has 0 N–H and O–H groups in total. The zero-order valence-electron chi connectivity index (χ0n) is 34.6. The lowest BCUT2D eigenvalue weighted by atomic mass is 9.99. The molecule has 0 aliphatic carbocycles. The van der Waals surface area contributed by atoms with E-state index in [1.54, 1.807) is 0 Å². The van der Waals surface area contributed by atoms with Gasteiger partial charge in [0.1, 0.15) is 0 Å². The van der Waals surface area contributed by atoms with Gasteiger partial charge >= 0.3 is 0 Å². The Bertz CT molecular complexity index is 3480. The first-order chi connectivity index (χ1) is 31.3. The molecule has 0 spiro atoms. The summed E-state index contributed by atoms with van der Waals surface area (Å²) in [5.41, 5.74) is 11.9. The average Bonchev–Trinajstić information content (AvgIpc) is 3.89. The number of nitrogens with zero attached hydrogens (tertiary/aromatic N) is 2. The summed E-state index contributed by atoms with van der Waals surface area (Å²) in [5.74, 6) is 0. The van der Waals surface area contributed by atoms with Gasteiger partial charge in [-0.3, -0.25) is 0 Å². The van der Waals surface area contributed by atoms with Gasteiger partial charge in [0.2, 0.25) is 0 Å². The van der Waals surface area contributed by atoms with E-state index in [1.807, 2.05) is 0 Å². The monoisotopic (exact) mass is 822 g/mol. The molecule has 0 atom stereocenters. The summed E-state index contributed by atoms with van der Waals surface area (Å²) in [6.07, 6.45) is 0. The van der Waals surface area contributed by atoms with E-state index in [0.717, 1.165) is 11.4 Å². The molecule has 0 fully saturated rings. The molecular weight excluding hydrogens is 781 g/mol. The van der Waals surface area contributed by atoms with Crippen LogP contribution >= 0.6 is 10.0 Å². The van der Waals surface area contributed by atoms with Crippen LogP contribution in [0.3, 0.4) is 0 Å². The highest BCUT2D eigenvalue weighted by atomic mass is 32.3. The van der Waals surface area contributed by atoms with Gasteiger partial charge in [0, 0.05) is 52.5 Å². The normalized spacial score (nSPS) is 12.1. The van der Waals surface area contributed by atoms with Crippen LogP contribution in [0.4, 0.5) is 0 Å². The smallest absolute Gasteiger partial charge is 0.0552 e. The second-order valence-electron chi connectivity index (χ2n) is 16.1. The van der Waals surface area contributed by atoms with E-state index >= 15 is 0 Å². The van der Waals surface area contributed by atoms with Crippen molar-refractivity contribution in [1.82, 2.24) is 9.13 Å². The van der Waals surface area contributed by atoms with Crippen LogP contribution in [0.1, 0.15) is 0 Å². The van der Waals surface area contributed by atoms with Crippen LogP contribution in [0.2, 0.25) is 0 Å². The molecule has 12 rings (SSSR count). The van der Waals surface area contributed by atoms with E-state index < -0.39 is 10.0 Å². The predicted octanol–water partition coefficient (Wildman–Crippen LogP) is 16.6. The quantitative estimate of drug-likeness (QED) is 0.144. The Kier molecular flexibility index (Phi) is 8.95. The Balaban J connectivity index is 1.21. The van der Waals surface area contributed by atoms with Crippen LogP contribution in [0.5, 0.6) is 0 Å². The van der Waals surface area contributed by atoms with Gasteiger partial charge in [0.15, 0.2) is 0 Å². The summed E-state index contributed by atoms with van der Waals surface area (Å²) in [6, 6.07) is 93.9. The lowest BCUT2D eigenvalue weighted by Crippen LogP contribution is -2.05. The van der Waals surface area contributed by atoms with Gasteiger partial charge in [-0.05, 0) is 113 Å². The van der Waals surface area contributed by atoms with Crippen LogP contribution in [-0.2, 0) is 0 Å². The van der Waals surface area contributed by atoms with E-state index in [4.69, 9.17) is 0 Å². The minimum Gasteiger partial charge on any atom is -0.309 e. The summed E-state index contributed by atoms with van der Waals surface area (Å²) < 4.78 is 4.96. The Hall–Kier alpha value is -7.85. The van der Waals surface area contributed by atoms with Crippen molar-refractivity contribution in [3.63, 3.8) is 0 Å². The molecule has 0 saturated heterocycles. The second kappa shape index (κ2) is 15.3. The predicted molar refractivity (Wildman–Crippen MR) is 266 cm³/mol. The Morgan fingerprint density at radius 2 is 0.714 bits per heavy atom. The number of para-hydroxylation sites is 1. The third-order valence-corrected chi connectivity index (χ3v) is 16.6. The first-order valence-electron chi connectivity index (χ1n) is 21.6. The molecule has 0 radical (unpaired) electrons. The van der Waals surface area contributed by atoms with Crippen molar-refractivity contribution in [3.05, 3.63) is 255 Å². The molecular formula is C60H42N2S. The molecule has 0 aliphatic rings. The SMILES string of the molecule is c1ccc(-c2ccc(-n3c4ccc(-n5c6ccccc6c6c(-c7ccccc7)cccc65)cc4c4c(S(c5ccccc5)(c5ccccc5)c5ccccc5)cccc43)cc2)cc1. The van der Waals surface area contributed by atoms with E-state index in [9.17, 15) is 0 Å². The standard InChI is InChI=1S/C60H42N2S/c1-6-20-43(21-7-1)44-36-38-46(39-37-44)61-55-41-40-47(62-54-32-17-16-30-52(54)59-51(31-18-33-56(59)62)45-22-8-2-9-23-45)42-53(55)60-57(61)34-19-35-58(60)63(48-24-10-3-11-25-48,49-26-12-4-13-27-49)50-28-14-5-15-29-50/h1-42H. The fraction of sp³-hybridized carbons (Fsp3) is 0. The molecule has 298 valence electrons. The fourth-order valence-electron chi connectivity index (χ4n) is 9.95. The van der Waals surface area contributed by atoms with Gasteiger partial charge in [0.25, 0.3) is 0 Å². The minimum atomic E-state index is -2.03. The summed E-state index contributed by atoms with van der Waals surface area (Å²) in [4.78, 5) is 5.22. The highest BCUT2D eigenvalue weighted by molar-refractivity contribution is 8.34. The van der Waals surface area contributed by atoms with E-state index in [2.05, 4.69) is 264 Å². The van der Waals surface area contributed by atoms with Gasteiger partial charge in [0.05, 0.1) is 22.1 Å². The van der Waals surface area contributed by atoms with Crippen molar-refractivity contribution < 1.29 is 0 Å². The van der Waals surface area contributed by atoms with E-state index in [0.29, 0.717) is 0 Å². The zero-order chi connectivity index (χ0) is 41.7. The largest absolute Gasteiger partial charge is 0.309 e. The van der Waals surface area contributed by atoms with Crippen molar-refractivity contribution in [1.29, 1.82) is 0 Å². The summed E-state index contributed by atoms with van der Waals surface area (Å²) in [7, 11) is -2.03. The van der Waals surface area contributed by atoms with Gasteiger partial charge in [-0.2, -0.15) is 0 Å². The highest BCUT2D eigenvalue weighted by Crippen LogP contribution is 2.75. The van der Waals surface area contributed by atoms with Crippen molar-refractivity contribution in [2.75, 3.05) is 0 Å². The molecule has 0 amide bonds. The molecule has 0 saturated carbocycles. The van der Waals surface area contributed by atoms with Gasteiger partial charge in [-0.15, -0.1) is 10.0 Å². The minimum absolute atomic E-state index is 1.13. The number of hydrogen-bond acceptors (Lipinski definition) is 0. The molecule has 0 bridgehead atoms. The first-order valence-corrected chi connectivity index (χ1v) is 23.2. The topological polar surface area (TPSA) is 9.86 Å². The fourth-order valence-corrected chi connectivity index (χ4v) is 14.0. The third-order valence-electron chi connectivity index (χ3n) is 12.6. The van der Waals surface area contributed by atoms with Crippen LogP contribution in [0.15, 0.2) is 274 Å². The average molecular weight is 823 g/mol. The van der Waals surface area contributed by atoms with Gasteiger partial charge in [-0.25, -0.2) is 0 Å². The molecule has 10 aromatic carbocycles. The van der Waals surface area contributed by atoms with E-state index in [-0.39, 0.29) is 0 Å².